The van der Waals surface area contributed by atoms with E-state index in [0.29, 0.717) is 36.1 Å². The van der Waals surface area contributed by atoms with Crippen molar-refractivity contribution in [2.75, 3.05) is 26.7 Å². The molecule has 1 amide bonds. The summed E-state index contributed by atoms with van der Waals surface area (Å²) in [6.07, 6.45) is 0. The van der Waals surface area contributed by atoms with Crippen LogP contribution in [0.15, 0.2) is 53.5 Å². The highest BCUT2D eigenvalue weighted by atomic mass is 19.1. The van der Waals surface area contributed by atoms with E-state index < -0.39 is 0 Å². The van der Waals surface area contributed by atoms with E-state index in [1.807, 2.05) is 18.2 Å². The fourth-order valence-electron chi connectivity index (χ4n) is 2.56. The van der Waals surface area contributed by atoms with E-state index in [9.17, 15) is 9.18 Å². The Morgan fingerprint density at radius 1 is 1.07 bits per heavy atom. The van der Waals surface area contributed by atoms with Gasteiger partial charge >= 0.3 is 0 Å². The molecule has 144 valence electrons. The summed E-state index contributed by atoms with van der Waals surface area (Å²) in [6, 6.07) is 14.7. The molecule has 0 aromatic heterocycles. The van der Waals surface area contributed by atoms with Crippen LogP contribution in [0, 0.1) is 12.7 Å². The maximum absolute atomic E-state index is 13.5. The number of aryl methyl sites for hydroxylation is 1. The lowest BCUT2D eigenvalue weighted by Gasteiger charge is -2.16. The van der Waals surface area contributed by atoms with Crippen molar-refractivity contribution in [3.8, 4) is 0 Å². The van der Waals surface area contributed by atoms with Gasteiger partial charge in [-0.25, -0.2) is 4.39 Å². The van der Waals surface area contributed by atoms with Crippen molar-refractivity contribution in [1.82, 2.24) is 16.0 Å². The highest BCUT2D eigenvalue weighted by molar-refractivity contribution is 5.94. The van der Waals surface area contributed by atoms with Crippen molar-refractivity contribution < 1.29 is 9.18 Å². The molecule has 1 unspecified atom stereocenters. The number of guanidine groups is 1. The molecule has 1 atom stereocenters. The van der Waals surface area contributed by atoms with E-state index in [0.717, 1.165) is 6.54 Å². The Kier molecular flexibility index (Phi) is 7.79. The zero-order valence-corrected chi connectivity index (χ0v) is 16.1. The normalized spacial score (nSPS) is 12.4. The lowest BCUT2D eigenvalue weighted by molar-refractivity contribution is 0.0954. The highest BCUT2D eigenvalue weighted by Gasteiger charge is 2.08. The van der Waals surface area contributed by atoms with Gasteiger partial charge in [-0.05, 0) is 36.1 Å². The van der Waals surface area contributed by atoms with Crippen molar-refractivity contribution in [3.63, 3.8) is 0 Å². The summed E-state index contributed by atoms with van der Waals surface area (Å²) in [7, 11) is 1.70. The molecule has 2 aromatic rings. The maximum Gasteiger partial charge on any atom is 0.251 e. The molecule has 0 fully saturated rings. The number of carbonyl (C=O) groups is 1. The van der Waals surface area contributed by atoms with Crippen LogP contribution < -0.4 is 16.0 Å². The van der Waals surface area contributed by atoms with Gasteiger partial charge in [0.1, 0.15) is 5.82 Å². The number of nitrogens with one attached hydrogen (secondary N) is 3. The summed E-state index contributed by atoms with van der Waals surface area (Å²) < 4.78 is 13.5. The standard InChI is InChI=1S/C21H27FN4O/c1-15-9-10-18(13-19(15)22)20(27)24-11-12-25-21(23-3)26-14-16(2)17-7-5-4-6-8-17/h4-10,13,16H,11-12,14H2,1-3H3,(H,24,27)(H2,23,25,26). The van der Waals surface area contributed by atoms with Gasteiger partial charge in [0.15, 0.2) is 5.96 Å². The Hall–Kier alpha value is -2.89. The first kappa shape index (κ1) is 20.4. The second-order valence-electron chi connectivity index (χ2n) is 6.41. The third kappa shape index (κ3) is 6.40. The predicted molar refractivity (Wildman–Crippen MR) is 108 cm³/mol. The molecule has 3 N–H and O–H groups in total. The molecule has 0 heterocycles. The van der Waals surface area contributed by atoms with Crippen LogP contribution in [0.2, 0.25) is 0 Å². The van der Waals surface area contributed by atoms with Crippen LogP contribution in [0.4, 0.5) is 4.39 Å². The van der Waals surface area contributed by atoms with Crippen LogP contribution in [0.3, 0.4) is 0 Å². The summed E-state index contributed by atoms with van der Waals surface area (Å²) in [6.45, 7) is 5.48. The summed E-state index contributed by atoms with van der Waals surface area (Å²) in [5.41, 5.74) is 2.10. The number of hydrogen-bond acceptors (Lipinski definition) is 2. The number of aliphatic imine (C=N–C) groups is 1. The highest BCUT2D eigenvalue weighted by Crippen LogP contribution is 2.12. The molecule has 5 nitrogen and oxygen atoms in total. The first-order chi connectivity index (χ1) is 13.0. The van der Waals surface area contributed by atoms with E-state index in [4.69, 9.17) is 0 Å². The molecule has 0 saturated carbocycles. The van der Waals surface area contributed by atoms with E-state index in [1.165, 1.54) is 11.6 Å². The van der Waals surface area contributed by atoms with Crippen molar-refractivity contribution in [1.29, 1.82) is 0 Å². The molecule has 6 heteroatoms. The predicted octanol–water partition coefficient (Wildman–Crippen LogP) is 2.83. The van der Waals surface area contributed by atoms with Gasteiger partial charge in [0.2, 0.25) is 0 Å². The largest absolute Gasteiger partial charge is 0.356 e. The van der Waals surface area contributed by atoms with Gasteiger partial charge in [-0.1, -0.05) is 43.3 Å². The minimum Gasteiger partial charge on any atom is -0.356 e. The second-order valence-corrected chi connectivity index (χ2v) is 6.41. The summed E-state index contributed by atoms with van der Waals surface area (Å²) in [5.74, 6) is 0.351. The lowest BCUT2D eigenvalue weighted by atomic mass is 10.0. The molecule has 0 aliphatic rings. The Morgan fingerprint density at radius 2 is 1.78 bits per heavy atom. The third-order valence-corrected chi connectivity index (χ3v) is 4.30. The van der Waals surface area contributed by atoms with Crippen LogP contribution in [-0.2, 0) is 0 Å². The van der Waals surface area contributed by atoms with Crippen molar-refractivity contribution >= 4 is 11.9 Å². The zero-order chi connectivity index (χ0) is 19.6. The summed E-state index contributed by atoms with van der Waals surface area (Å²) >= 11 is 0. The van der Waals surface area contributed by atoms with Crippen LogP contribution in [-0.4, -0.2) is 38.5 Å². The molecule has 0 aliphatic heterocycles. The number of hydrogen-bond donors (Lipinski definition) is 3. The molecule has 0 aliphatic carbocycles. The van der Waals surface area contributed by atoms with Gasteiger partial charge in [-0.15, -0.1) is 0 Å². The molecule has 27 heavy (non-hydrogen) atoms. The minimum atomic E-state index is -0.377. The fraction of sp³-hybridized carbons (Fsp3) is 0.333. The van der Waals surface area contributed by atoms with Gasteiger partial charge in [0, 0.05) is 32.2 Å². The number of nitrogens with zero attached hydrogens (tertiary/aromatic N) is 1. The fourth-order valence-corrected chi connectivity index (χ4v) is 2.56. The number of carbonyl (C=O) groups excluding carboxylic acids is 1. The Bertz CT molecular complexity index is 777. The van der Waals surface area contributed by atoms with E-state index >= 15 is 0 Å². The molecular formula is C21H27FN4O. The summed E-state index contributed by atoms with van der Waals surface area (Å²) in [5, 5.41) is 9.20. The number of benzene rings is 2. The number of amides is 1. The molecule has 0 radical (unpaired) electrons. The summed E-state index contributed by atoms with van der Waals surface area (Å²) in [4.78, 5) is 16.2. The van der Waals surface area contributed by atoms with Crippen molar-refractivity contribution in [2.45, 2.75) is 19.8 Å². The Balaban J connectivity index is 1.71. The van der Waals surface area contributed by atoms with Crippen LogP contribution in [0.1, 0.15) is 34.3 Å². The average molecular weight is 370 g/mol. The molecule has 0 spiro atoms. The van der Waals surface area contributed by atoms with Gasteiger partial charge in [0.05, 0.1) is 0 Å². The van der Waals surface area contributed by atoms with Crippen LogP contribution >= 0.6 is 0 Å². The van der Waals surface area contributed by atoms with E-state index in [1.54, 1.807) is 26.1 Å². The van der Waals surface area contributed by atoms with Crippen molar-refractivity contribution in [3.05, 3.63) is 71.0 Å². The topological polar surface area (TPSA) is 65.5 Å². The van der Waals surface area contributed by atoms with Gasteiger partial charge in [-0.3, -0.25) is 9.79 Å². The molecule has 2 rings (SSSR count). The molecule has 0 bridgehead atoms. The van der Waals surface area contributed by atoms with E-state index in [2.05, 4.69) is 40.0 Å². The zero-order valence-electron chi connectivity index (χ0n) is 16.1. The maximum atomic E-state index is 13.5. The smallest absolute Gasteiger partial charge is 0.251 e. The number of rotatable bonds is 7. The SMILES string of the molecule is CN=C(NCCNC(=O)c1ccc(C)c(F)c1)NCC(C)c1ccccc1. The van der Waals surface area contributed by atoms with Crippen molar-refractivity contribution in [2.24, 2.45) is 4.99 Å². The first-order valence-corrected chi connectivity index (χ1v) is 9.05. The molecule has 2 aromatic carbocycles. The van der Waals surface area contributed by atoms with Crippen LogP contribution in [0.5, 0.6) is 0 Å². The Morgan fingerprint density at radius 3 is 2.44 bits per heavy atom. The quantitative estimate of drug-likeness (QED) is 0.399. The Labute approximate surface area is 160 Å². The van der Waals surface area contributed by atoms with Gasteiger partial charge < -0.3 is 16.0 Å². The minimum absolute atomic E-state index is 0.295. The average Bonchev–Trinajstić information content (AvgIpc) is 2.69. The molecular weight excluding hydrogens is 343 g/mol. The van der Waals surface area contributed by atoms with E-state index in [-0.39, 0.29) is 11.7 Å². The lowest BCUT2D eigenvalue weighted by Crippen LogP contribution is -2.42. The first-order valence-electron chi connectivity index (χ1n) is 9.05. The van der Waals surface area contributed by atoms with Crippen LogP contribution in [0.25, 0.3) is 0 Å². The monoisotopic (exact) mass is 370 g/mol. The van der Waals surface area contributed by atoms with Gasteiger partial charge in [0.25, 0.3) is 5.91 Å². The molecule has 0 saturated heterocycles. The third-order valence-electron chi connectivity index (χ3n) is 4.30. The number of halogens is 1. The second kappa shape index (κ2) is 10.3. The van der Waals surface area contributed by atoms with Gasteiger partial charge in [-0.2, -0.15) is 0 Å².